The molecule has 1 aliphatic heterocycles. The van der Waals surface area contributed by atoms with Crippen molar-refractivity contribution in [3.05, 3.63) is 66.0 Å². The smallest absolute Gasteiger partial charge is 0.395 e. The molecule has 1 aliphatic carbocycles. The second-order valence-corrected chi connectivity index (χ2v) is 7.34. The molecule has 1 amide bonds. The van der Waals surface area contributed by atoms with Gasteiger partial charge in [0.15, 0.2) is 11.5 Å². The lowest BCUT2D eigenvalue weighted by Gasteiger charge is -2.11. The van der Waals surface area contributed by atoms with Gasteiger partial charge in [0.25, 0.3) is 5.91 Å². The monoisotopic (exact) mass is 396 g/mol. The van der Waals surface area contributed by atoms with E-state index in [4.69, 9.17) is 0 Å². The summed E-state index contributed by atoms with van der Waals surface area (Å²) in [6, 6.07) is 14.4. The number of hydrogen-bond acceptors (Lipinski definition) is 3. The van der Waals surface area contributed by atoms with Crippen molar-refractivity contribution in [3.8, 4) is 22.6 Å². The lowest BCUT2D eigenvalue weighted by molar-refractivity contribution is -0.286. The number of halogens is 2. The van der Waals surface area contributed by atoms with Crippen LogP contribution in [0.25, 0.3) is 11.1 Å². The van der Waals surface area contributed by atoms with E-state index in [9.17, 15) is 13.6 Å². The van der Waals surface area contributed by atoms with E-state index in [-0.39, 0.29) is 17.4 Å². The number of carbonyl (C=O) groups is 1. The number of rotatable bonds is 4. The summed E-state index contributed by atoms with van der Waals surface area (Å²) in [5.41, 5.74) is 3.66. The van der Waals surface area contributed by atoms with Gasteiger partial charge in [-0.1, -0.05) is 12.1 Å². The molecule has 29 heavy (non-hydrogen) atoms. The molecule has 0 atom stereocenters. The maximum atomic E-state index is 13.3. The summed E-state index contributed by atoms with van der Waals surface area (Å²) in [6.45, 7) is 1.82. The molecule has 0 unspecified atom stereocenters. The van der Waals surface area contributed by atoms with Crippen LogP contribution in [0.2, 0.25) is 0 Å². The number of benzene rings is 2. The zero-order valence-corrected chi connectivity index (χ0v) is 15.6. The minimum absolute atomic E-state index is 0.00816. The standard InChI is InChI=1S/C22H18F2N2O3/c1-13-11-19-20(29-22(23,24)28-19)12-17(13)14-4-6-15(7-5-14)25-21(27)18-3-2-10-26(18)16-8-9-16/h2-7,10-12,16H,8-9H2,1H3,(H,25,27). The van der Waals surface area contributed by atoms with Crippen molar-refractivity contribution in [2.45, 2.75) is 32.1 Å². The third-order valence-electron chi connectivity index (χ3n) is 5.15. The molecule has 0 spiro atoms. The molecule has 5 nitrogen and oxygen atoms in total. The van der Waals surface area contributed by atoms with E-state index < -0.39 is 6.29 Å². The molecule has 5 rings (SSSR count). The average molecular weight is 396 g/mol. The normalized spacial score (nSPS) is 16.7. The number of aromatic nitrogens is 1. The fraction of sp³-hybridized carbons (Fsp3) is 0.227. The molecule has 2 aromatic carbocycles. The summed E-state index contributed by atoms with van der Waals surface area (Å²) in [6.07, 6.45) is 0.496. The van der Waals surface area contributed by atoms with E-state index >= 15 is 0 Å². The number of fused-ring (bicyclic) bond motifs is 1. The third-order valence-corrected chi connectivity index (χ3v) is 5.15. The van der Waals surface area contributed by atoms with Gasteiger partial charge in [-0.05, 0) is 72.9 Å². The zero-order chi connectivity index (χ0) is 20.2. The Kier molecular flexibility index (Phi) is 3.87. The van der Waals surface area contributed by atoms with Crippen LogP contribution in [0.5, 0.6) is 11.5 Å². The van der Waals surface area contributed by atoms with Gasteiger partial charge in [-0.3, -0.25) is 4.79 Å². The maximum absolute atomic E-state index is 13.3. The number of nitrogens with one attached hydrogen (secondary N) is 1. The molecule has 2 aliphatic rings. The van der Waals surface area contributed by atoms with Crippen molar-refractivity contribution >= 4 is 11.6 Å². The van der Waals surface area contributed by atoms with Crippen LogP contribution in [0.15, 0.2) is 54.7 Å². The second kappa shape index (κ2) is 6.34. The third kappa shape index (κ3) is 3.33. The Morgan fingerprint density at radius 3 is 2.48 bits per heavy atom. The highest BCUT2D eigenvalue weighted by molar-refractivity contribution is 6.03. The Labute approximate surface area is 165 Å². The van der Waals surface area contributed by atoms with Gasteiger partial charge >= 0.3 is 6.29 Å². The number of nitrogens with zero attached hydrogens (tertiary/aromatic N) is 1. The molecular weight excluding hydrogens is 378 g/mol. The Morgan fingerprint density at radius 1 is 1.10 bits per heavy atom. The van der Waals surface area contributed by atoms with E-state index in [1.165, 1.54) is 6.07 Å². The van der Waals surface area contributed by atoms with Gasteiger partial charge in [0.05, 0.1) is 0 Å². The van der Waals surface area contributed by atoms with Gasteiger partial charge in [0, 0.05) is 17.9 Å². The number of aryl methyl sites for hydroxylation is 1. The Balaban J connectivity index is 1.36. The van der Waals surface area contributed by atoms with Gasteiger partial charge in [-0.2, -0.15) is 0 Å². The second-order valence-electron chi connectivity index (χ2n) is 7.34. The van der Waals surface area contributed by atoms with Crippen molar-refractivity contribution in [3.63, 3.8) is 0 Å². The van der Waals surface area contributed by atoms with Crippen molar-refractivity contribution < 1.29 is 23.0 Å². The maximum Gasteiger partial charge on any atom is 0.586 e. The number of ether oxygens (including phenoxy) is 2. The molecule has 2 heterocycles. The summed E-state index contributed by atoms with van der Waals surface area (Å²) < 4.78 is 37.6. The molecule has 1 fully saturated rings. The van der Waals surface area contributed by atoms with Crippen LogP contribution in [0.1, 0.15) is 34.9 Å². The van der Waals surface area contributed by atoms with E-state index in [1.54, 1.807) is 18.2 Å². The number of carbonyl (C=O) groups excluding carboxylic acids is 1. The molecule has 1 N–H and O–H groups in total. The lowest BCUT2D eigenvalue weighted by Crippen LogP contribution is -2.25. The van der Waals surface area contributed by atoms with Crippen LogP contribution < -0.4 is 14.8 Å². The van der Waals surface area contributed by atoms with Crippen molar-refractivity contribution in [1.82, 2.24) is 4.57 Å². The van der Waals surface area contributed by atoms with E-state index in [0.29, 0.717) is 17.4 Å². The Morgan fingerprint density at radius 2 is 1.79 bits per heavy atom. The van der Waals surface area contributed by atoms with Crippen molar-refractivity contribution in [2.75, 3.05) is 5.32 Å². The van der Waals surface area contributed by atoms with E-state index in [1.807, 2.05) is 42.0 Å². The van der Waals surface area contributed by atoms with Crippen LogP contribution >= 0.6 is 0 Å². The van der Waals surface area contributed by atoms with Crippen molar-refractivity contribution in [1.29, 1.82) is 0 Å². The summed E-state index contributed by atoms with van der Waals surface area (Å²) in [5, 5.41) is 2.91. The molecule has 3 aromatic rings. The Bertz CT molecular complexity index is 1100. The van der Waals surface area contributed by atoms with E-state index in [2.05, 4.69) is 14.8 Å². The zero-order valence-electron chi connectivity index (χ0n) is 15.6. The first kappa shape index (κ1) is 17.7. The SMILES string of the molecule is Cc1cc2c(cc1-c1ccc(NC(=O)c3cccn3C3CC3)cc1)OC(F)(F)O2. The van der Waals surface area contributed by atoms with Gasteiger partial charge in [0.2, 0.25) is 0 Å². The quantitative estimate of drug-likeness (QED) is 0.645. The number of anilines is 1. The minimum atomic E-state index is -3.64. The van der Waals surface area contributed by atoms with Crippen LogP contribution in [0.4, 0.5) is 14.5 Å². The fourth-order valence-electron chi connectivity index (χ4n) is 3.59. The van der Waals surface area contributed by atoms with Crippen LogP contribution in [-0.4, -0.2) is 16.8 Å². The summed E-state index contributed by atoms with van der Waals surface area (Å²) in [5.74, 6) is -0.122. The minimum Gasteiger partial charge on any atom is -0.395 e. The largest absolute Gasteiger partial charge is 0.586 e. The number of amides is 1. The van der Waals surface area contributed by atoms with Crippen molar-refractivity contribution in [2.24, 2.45) is 0 Å². The molecule has 0 saturated heterocycles. The molecule has 1 saturated carbocycles. The first-order chi connectivity index (χ1) is 13.9. The fourth-order valence-corrected chi connectivity index (χ4v) is 3.59. The molecular formula is C22H18F2N2O3. The summed E-state index contributed by atoms with van der Waals surface area (Å²) in [7, 11) is 0. The predicted octanol–water partition coefficient (Wildman–Crippen LogP) is 5.37. The predicted molar refractivity (Wildman–Crippen MR) is 103 cm³/mol. The lowest BCUT2D eigenvalue weighted by atomic mass is 9.99. The van der Waals surface area contributed by atoms with Crippen LogP contribution in [0, 0.1) is 6.92 Å². The van der Waals surface area contributed by atoms with Crippen LogP contribution in [-0.2, 0) is 0 Å². The topological polar surface area (TPSA) is 52.5 Å². The highest BCUT2D eigenvalue weighted by Gasteiger charge is 2.43. The first-order valence-electron chi connectivity index (χ1n) is 9.39. The highest BCUT2D eigenvalue weighted by Crippen LogP contribution is 2.44. The van der Waals surface area contributed by atoms with Gasteiger partial charge in [-0.15, -0.1) is 8.78 Å². The van der Waals surface area contributed by atoms with Gasteiger partial charge in [-0.25, -0.2) is 0 Å². The average Bonchev–Trinajstić information content (AvgIpc) is 3.31. The summed E-state index contributed by atoms with van der Waals surface area (Å²) in [4.78, 5) is 12.6. The first-order valence-corrected chi connectivity index (χ1v) is 9.39. The molecule has 7 heteroatoms. The number of hydrogen-bond donors (Lipinski definition) is 1. The Hall–Kier alpha value is -3.35. The van der Waals surface area contributed by atoms with E-state index in [0.717, 1.165) is 29.5 Å². The van der Waals surface area contributed by atoms with Crippen LogP contribution in [0.3, 0.4) is 0 Å². The van der Waals surface area contributed by atoms with Gasteiger partial charge in [0.1, 0.15) is 5.69 Å². The number of alkyl halides is 2. The molecule has 0 bridgehead atoms. The molecule has 1 aromatic heterocycles. The molecule has 0 radical (unpaired) electrons. The highest BCUT2D eigenvalue weighted by atomic mass is 19.3. The van der Waals surface area contributed by atoms with Gasteiger partial charge < -0.3 is 19.4 Å². The summed E-state index contributed by atoms with van der Waals surface area (Å²) >= 11 is 0. The molecule has 148 valence electrons.